The molecule has 23 heavy (non-hydrogen) atoms. The number of carbonyl (C=O) groups excluding carboxylic acids is 1. The molecule has 0 atom stereocenters. The standard InChI is InChI=1S/C16H13ClN2O3S/c17-13-4-6-15(7-5-13)23(21,22)9-8-16(20)19-14-3-1-2-12(10-14)11-18/h1-7,10H,8-9H2,(H,19,20). The van der Waals surface area contributed by atoms with E-state index in [4.69, 9.17) is 16.9 Å². The van der Waals surface area contributed by atoms with E-state index in [0.717, 1.165) is 0 Å². The topological polar surface area (TPSA) is 87.0 Å². The molecule has 0 saturated heterocycles. The summed E-state index contributed by atoms with van der Waals surface area (Å²) >= 11 is 5.72. The quantitative estimate of drug-likeness (QED) is 0.899. The molecule has 0 heterocycles. The molecule has 0 aliphatic heterocycles. The predicted molar refractivity (Wildman–Crippen MR) is 87.9 cm³/mol. The molecule has 1 amide bonds. The fourth-order valence-electron chi connectivity index (χ4n) is 1.88. The minimum Gasteiger partial charge on any atom is -0.326 e. The zero-order valence-corrected chi connectivity index (χ0v) is 13.6. The van der Waals surface area contributed by atoms with Gasteiger partial charge in [-0.2, -0.15) is 5.26 Å². The largest absolute Gasteiger partial charge is 0.326 e. The number of nitrogens with one attached hydrogen (secondary N) is 1. The second-order valence-corrected chi connectivity index (χ2v) is 7.31. The summed E-state index contributed by atoms with van der Waals surface area (Å²) in [6.07, 6.45) is -0.179. The molecule has 1 N–H and O–H groups in total. The van der Waals surface area contributed by atoms with Gasteiger partial charge in [0.25, 0.3) is 0 Å². The van der Waals surface area contributed by atoms with Crippen molar-refractivity contribution in [1.82, 2.24) is 0 Å². The number of nitrogens with zero attached hydrogens (tertiary/aromatic N) is 1. The maximum Gasteiger partial charge on any atom is 0.225 e. The monoisotopic (exact) mass is 348 g/mol. The van der Waals surface area contributed by atoms with Crippen LogP contribution in [0.3, 0.4) is 0 Å². The number of hydrogen-bond acceptors (Lipinski definition) is 4. The molecule has 0 aliphatic carbocycles. The molecular formula is C16H13ClN2O3S. The van der Waals surface area contributed by atoms with Gasteiger partial charge >= 0.3 is 0 Å². The summed E-state index contributed by atoms with van der Waals surface area (Å²) in [6, 6.07) is 14.2. The molecule has 0 aliphatic rings. The van der Waals surface area contributed by atoms with Crippen molar-refractivity contribution in [2.24, 2.45) is 0 Å². The number of benzene rings is 2. The molecule has 5 nitrogen and oxygen atoms in total. The van der Waals surface area contributed by atoms with Crippen molar-refractivity contribution in [1.29, 1.82) is 5.26 Å². The summed E-state index contributed by atoms with van der Waals surface area (Å²) in [6.45, 7) is 0. The molecule has 0 bridgehead atoms. The maximum absolute atomic E-state index is 12.1. The molecule has 0 saturated carbocycles. The molecule has 0 spiro atoms. The van der Waals surface area contributed by atoms with Crippen molar-refractivity contribution in [3.63, 3.8) is 0 Å². The van der Waals surface area contributed by atoms with Crippen LogP contribution in [0.25, 0.3) is 0 Å². The van der Waals surface area contributed by atoms with Crippen molar-refractivity contribution in [3.8, 4) is 6.07 Å². The Labute approximate surface area is 139 Å². The van der Waals surface area contributed by atoms with E-state index in [2.05, 4.69) is 5.32 Å². The van der Waals surface area contributed by atoms with E-state index < -0.39 is 15.7 Å². The average molecular weight is 349 g/mol. The van der Waals surface area contributed by atoms with Crippen LogP contribution in [0.2, 0.25) is 5.02 Å². The van der Waals surface area contributed by atoms with E-state index in [1.165, 1.54) is 30.3 Å². The van der Waals surface area contributed by atoms with Gasteiger partial charge in [-0.1, -0.05) is 17.7 Å². The molecule has 2 aromatic carbocycles. The van der Waals surface area contributed by atoms with Crippen LogP contribution in [-0.2, 0) is 14.6 Å². The number of nitriles is 1. The number of hydrogen-bond donors (Lipinski definition) is 1. The van der Waals surface area contributed by atoms with Crippen LogP contribution < -0.4 is 5.32 Å². The molecular weight excluding hydrogens is 336 g/mol. The number of anilines is 1. The third-order valence-electron chi connectivity index (χ3n) is 3.05. The first-order chi connectivity index (χ1) is 10.9. The zero-order valence-electron chi connectivity index (χ0n) is 12.0. The Bertz CT molecular complexity index is 856. The Hall–Kier alpha value is -2.36. The van der Waals surface area contributed by atoms with E-state index in [0.29, 0.717) is 16.3 Å². The van der Waals surface area contributed by atoms with Gasteiger partial charge in [0.2, 0.25) is 5.91 Å². The fraction of sp³-hybridized carbons (Fsp3) is 0.125. The summed E-state index contributed by atoms with van der Waals surface area (Å²) in [5.74, 6) is -0.740. The maximum atomic E-state index is 12.1. The first kappa shape index (κ1) is 17.0. The second kappa shape index (κ2) is 7.27. The molecule has 0 aromatic heterocycles. The number of carbonyl (C=O) groups is 1. The summed E-state index contributed by atoms with van der Waals surface area (Å²) in [7, 11) is -3.55. The second-order valence-electron chi connectivity index (χ2n) is 4.76. The normalized spacial score (nSPS) is 10.8. The molecule has 2 aromatic rings. The average Bonchev–Trinajstić information content (AvgIpc) is 2.54. The first-order valence-electron chi connectivity index (χ1n) is 6.69. The highest BCUT2D eigenvalue weighted by Gasteiger charge is 2.16. The van der Waals surface area contributed by atoms with E-state index in [9.17, 15) is 13.2 Å². The Kier molecular flexibility index (Phi) is 5.37. The predicted octanol–water partition coefficient (Wildman–Crippen LogP) is 3.01. The minimum atomic E-state index is -3.55. The van der Waals surface area contributed by atoms with Gasteiger partial charge in [0.15, 0.2) is 9.84 Å². The minimum absolute atomic E-state index is 0.126. The third-order valence-corrected chi connectivity index (χ3v) is 5.03. The highest BCUT2D eigenvalue weighted by atomic mass is 35.5. The van der Waals surface area contributed by atoms with E-state index >= 15 is 0 Å². The summed E-state index contributed by atoms with van der Waals surface area (Å²) < 4.78 is 24.3. The Morgan fingerprint density at radius 3 is 2.52 bits per heavy atom. The van der Waals surface area contributed by atoms with Crippen LogP contribution in [-0.4, -0.2) is 20.1 Å². The van der Waals surface area contributed by atoms with Gasteiger partial charge in [0.1, 0.15) is 0 Å². The molecule has 0 fully saturated rings. The molecule has 7 heteroatoms. The van der Waals surface area contributed by atoms with Gasteiger partial charge in [-0.3, -0.25) is 4.79 Å². The van der Waals surface area contributed by atoms with E-state index in [-0.39, 0.29) is 17.1 Å². The van der Waals surface area contributed by atoms with E-state index in [1.54, 1.807) is 18.2 Å². The molecule has 0 radical (unpaired) electrons. The van der Waals surface area contributed by atoms with Gasteiger partial charge in [-0.05, 0) is 42.5 Å². The Balaban J connectivity index is 1.98. The summed E-state index contributed by atoms with van der Waals surface area (Å²) in [4.78, 5) is 12.0. The lowest BCUT2D eigenvalue weighted by molar-refractivity contribution is -0.115. The lowest BCUT2D eigenvalue weighted by Crippen LogP contribution is -2.17. The van der Waals surface area contributed by atoms with Gasteiger partial charge in [-0.25, -0.2) is 8.42 Å². The summed E-state index contributed by atoms with van der Waals surface area (Å²) in [5, 5.41) is 11.8. The smallest absolute Gasteiger partial charge is 0.225 e. The van der Waals surface area contributed by atoms with Crippen LogP contribution >= 0.6 is 11.6 Å². The molecule has 0 unspecified atom stereocenters. The highest BCUT2D eigenvalue weighted by molar-refractivity contribution is 7.91. The number of amides is 1. The van der Waals surface area contributed by atoms with Gasteiger partial charge in [0, 0.05) is 17.1 Å². The van der Waals surface area contributed by atoms with Crippen LogP contribution in [0.4, 0.5) is 5.69 Å². The lowest BCUT2D eigenvalue weighted by atomic mass is 10.2. The Morgan fingerprint density at radius 2 is 1.87 bits per heavy atom. The highest BCUT2D eigenvalue weighted by Crippen LogP contribution is 2.16. The number of sulfone groups is 1. The van der Waals surface area contributed by atoms with Crippen molar-refractivity contribution in [2.75, 3.05) is 11.1 Å². The van der Waals surface area contributed by atoms with Crippen LogP contribution in [0.5, 0.6) is 0 Å². The van der Waals surface area contributed by atoms with Crippen molar-refractivity contribution in [3.05, 3.63) is 59.1 Å². The summed E-state index contributed by atoms with van der Waals surface area (Å²) in [5.41, 5.74) is 0.870. The third kappa shape index (κ3) is 4.81. The fourth-order valence-corrected chi connectivity index (χ4v) is 3.24. The van der Waals surface area contributed by atoms with Crippen molar-refractivity contribution < 1.29 is 13.2 Å². The van der Waals surface area contributed by atoms with Crippen LogP contribution in [0.15, 0.2) is 53.4 Å². The van der Waals surface area contributed by atoms with Crippen LogP contribution in [0.1, 0.15) is 12.0 Å². The van der Waals surface area contributed by atoms with Crippen LogP contribution in [0, 0.1) is 11.3 Å². The van der Waals surface area contributed by atoms with Gasteiger partial charge < -0.3 is 5.32 Å². The van der Waals surface area contributed by atoms with Gasteiger partial charge in [-0.15, -0.1) is 0 Å². The molecule has 2 rings (SSSR count). The number of rotatable bonds is 5. The number of halogens is 1. The van der Waals surface area contributed by atoms with Crippen molar-refractivity contribution in [2.45, 2.75) is 11.3 Å². The lowest BCUT2D eigenvalue weighted by Gasteiger charge is -2.07. The van der Waals surface area contributed by atoms with Gasteiger partial charge in [0.05, 0.1) is 22.3 Å². The zero-order chi connectivity index (χ0) is 16.9. The van der Waals surface area contributed by atoms with E-state index in [1.807, 2.05) is 6.07 Å². The SMILES string of the molecule is N#Cc1cccc(NC(=O)CCS(=O)(=O)c2ccc(Cl)cc2)c1. The molecule has 118 valence electrons. The first-order valence-corrected chi connectivity index (χ1v) is 8.72. The van der Waals surface area contributed by atoms with Crippen molar-refractivity contribution >= 4 is 33.0 Å². The Morgan fingerprint density at radius 1 is 1.17 bits per heavy atom.